The molecule has 196 valence electrons. The van der Waals surface area contributed by atoms with Crippen molar-refractivity contribution in [3.05, 3.63) is 87.7 Å². The van der Waals surface area contributed by atoms with Crippen LogP contribution in [-0.4, -0.2) is 48.8 Å². The third-order valence-corrected chi connectivity index (χ3v) is 6.86. The van der Waals surface area contributed by atoms with Crippen molar-refractivity contribution in [1.82, 2.24) is 9.66 Å². The van der Waals surface area contributed by atoms with Crippen molar-refractivity contribution in [3.63, 3.8) is 0 Å². The highest BCUT2D eigenvalue weighted by Gasteiger charge is 2.18. The number of ether oxygens (including phenoxy) is 2. The number of morpholine rings is 1. The van der Waals surface area contributed by atoms with Gasteiger partial charge in [-0.2, -0.15) is 9.78 Å². The smallest absolute Gasteiger partial charge is 0.282 e. The van der Waals surface area contributed by atoms with Crippen LogP contribution in [0.2, 0.25) is 0 Å². The first-order chi connectivity index (χ1) is 18.5. The van der Waals surface area contributed by atoms with Crippen LogP contribution in [0.5, 0.6) is 5.75 Å². The molecule has 1 saturated heterocycles. The van der Waals surface area contributed by atoms with Crippen LogP contribution in [0.25, 0.3) is 22.3 Å². The molecule has 0 saturated carbocycles. The second-order valence-electron chi connectivity index (χ2n) is 9.80. The minimum Gasteiger partial charge on any atom is -0.494 e. The molecule has 1 aromatic heterocycles. The second kappa shape index (κ2) is 11.2. The van der Waals surface area contributed by atoms with Crippen molar-refractivity contribution >= 4 is 22.8 Å². The van der Waals surface area contributed by atoms with Gasteiger partial charge in [0.05, 0.1) is 36.9 Å². The molecule has 3 aromatic carbocycles. The Morgan fingerprint density at radius 1 is 1.08 bits per heavy atom. The van der Waals surface area contributed by atoms with Crippen LogP contribution in [0.1, 0.15) is 43.4 Å². The van der Waals surface area contributed by atoms with Gasteiger partial charge in [-0.3, -0.25) is 4.79 Å². The van der Waals surface area contributed by atoms with E-state index in [1.54, 1.807) is 12.3 Å². The van der Waals surface area contributed by atoms with Gasteiger partial charge in [0.1, 0.15) is 5.75 Å². The van der Waals surface area contributed by atoms with E-state index in [1.165, 1.54) is 4.68 Å². The predicted octanol–water partition coefficient (Wildman–Crippen LogP) is 5.61. The molecule has 1 aliphatic rings. The lowest BCUT2D eigenvalue weighted by atomic mass is 9.96. The van der Waals surface area contributed by atoms with Crippen LogP contribution in [0.4, 0.5) is 5.69 Å². The van der Waals surface area contributed by atoms with Gasteiger partial charge in [0.2, 0.25) is 0 Å². The van der Waals surface area contributed by atoms with Crippen LogP contribution in [0, 0.1) is 6.92 Å². The topological polar surface area (TPSA) is 69.0 Å². The van der Waals surface area contributed by atoms with E-state index in [2.05, 4.69) is 42.0 Å². The summed E-state index contributed by atoms with van der Waals surface area (Å²) < 4.78 is 12.8. The SMILES string of the molecule is CCOc1cc(C)c(-c2nc3ccccc3c(=O)n2N=Cc2ccc(N3CCOCC3)cc2)cc1C(C)C. The van der Waals surface area contributed by atoms with E-state index in [0.717, 1.165) is 60.0 Å². The fourth-order valence-corrected chi connectivity index (χ4v) is 4.79. The molecule has 2 heterocycles. The third-order valence-electron chi connectivity index (χ3n) is 6.86. The zero-order valence-corrected chi connectivity index (χ0v) is 22.5. The van der Waals surface area contributed by atoms with Gasteiger partial charge in [0.25, 0.3) is 5.56 Å². The Hall–Kier alpha value is -3.97. The molecule has 0 amide bonds. The van der Waals surface area contributed by atoms with E-state index in [9.17, 15) is 4.79 Å². The highest BCUT2D eigenvalue weighted by molar-refractivity contribution is 5.83. The zero-order valence-electron chi connectivity index (χ0n) is 22.5. The Kier molecular flexibility index (Phi) is 7.56. The molecule has 38 heavy (non-hydrogen) atoms. The van der Waals surface area contributed by atoms with Gasteiger partial charge in [0.15, 0.2) is 5.82 Å². The van der Waals surface area contributed by atoms with Crippen LogP contribution < -0.4 is 15.2 Å². The number of rotatable bonds is 7. The molecule has 7 nitrogen and oxygen atoms in total. The number of aromatic nitrogens is 2. The fourth-order valence-electron chi connectivity index (χ4n) is 4.79. The summed E-state index contributed by atoms with van der Waals surface area (Å²) in [6.45, 7) is 12.1. The predicted molar refractivity (Wildman–Crippen MR) is 154 cm³/mol. The first-order valence-corrected chi connectivity index (χ1v) is 13.2. The molecule has 7 heteroatoms. The monoisotopic (exact) mass is 510 g/mol. The van der Waals surface area contributed by atoms with Gasteiger partial charge >= 0.3 is 0 Å². The number of fused-ring (bicyclic) bond motifs is 1. The van der Waals surface area contributed by atoms with Crippen LogP contribution in [0.15, 0.2) is 70.6 Å². The molecule has 0 radical (unpaired) electrons. The van der Waals surface area contributed by atoms with Crippen molar-refractivity contribution in [2.75, 3.05) is 37.8 Å². The van der Waals surface area contributed by atoms with Crippen LogP contribution >= 0.6 is 0 Å². The summed E-state index contributed by atoms with van der Waals surface area (Å²) in [6.07, 6.45) is 1.72. The van der Waals surface area contributed by atoms with Gasteiger partial charge in [0, 0.05) is 24.3 Å². The number of nitrogens with zero attached hydrogens (tertiary/aromatic N) is 4. The Morgan fingerprint density at radius 2 is 1.82 bits per heavy atom. The summed E-state index contributed by atoms with van der Waals surface area (Å²) in [6, 6.07) is 19.7. The Bertz CT molecular complexity index is 1520. The number of hydrogen-bond acceptors (Lipinski definition) is 6. The molecule has 0 bridgehead atoms. The quantitative estimate of drug-likeness (QED) is 0.302. The molecule has 0 spiro atoms. The Balaban J connectivity index is 1.60. The summed E-state index contributed by atoms with van der Waals surface area (Å²) in [7, 11) is 0. The van der Waals surface area contributed by atoms with Crippen molar-refractivity contribution in [3.8, 4) is 17.1 Å². The van der Waals surface area contributed by atoms with Crippen LogP contribution in [0.3, 0.4) is 0 Å². The second-order valence-corrected chi connectivity index (χ2v) is 9.80. The standard InChI is InChI=1S/C31H34N4O3/c1-5-38-29-18-22(4)27(19-26(29)21(2)3)30-33-28-9-7-6-8-25(28)31(36)35(30)32-20-23-10-12-24(13-11-23)34-14-16-37-17-15-34/h6-13,18-21H,5,14-17H2,1-4H3. The van der Waals surface area contributed by atoms with Crippen molar-refractivity contribution in [2.24, 2.45) is 5.10 Å². The third kappa shape index (κ3) is 5.20. The lowest BCUT2D eigenvalue weighted by molar-refractivity contribution is 0.122. The number of benzene rings is 3. The fraction of sp³-hybridized carbons (Fsp3) is 0.323. The number of para-hydroxylation sites is 1. The average Bonchev–Trinajstić information content (AvgIpc) is 2.93. The maximum atomic E-state index is 13.7. The van der Waals surface area contributed by atoms with Crippen molar-refractivity contribution < 1.29 is 9.47 Å². The lowest BCUT2D eigenvalue weighted by Gasteiger charge is -2.28. The molecule has 0 aliphatic carbocycles. The van der Waals surface area contributed by atoms with E-state index in [0.29, 0.717) is 23.3 Å². The maximum Gasteiger partial charge on any atom is 0.282 e. The number of hydrogen-bond donors (Lipinski definition) is 0. The average molecular weight is 511 g/mol. The van der Waals surface area contributed by atoms with Gasteiger partial charge in [-0.25, -0.2) is 4.98 Å². The molecule has 0 N–H and O–H groups in total. The highest BCUT2D eigenvalue weighted by Crippen LogP contribution is 2.34. The molecule has 1 aliphatic heterocycles. The van der Waals surface area contributed by atoms with Crippen molar-refractivity contribution in [1.29, 1.82) is 0 Å². The molecular formula is C31H34N4O3. The summed E-state index contributed by atoms with van der Waals surface area (Å²) in [5, 5.41) is 5.20. The lowest BCUT2D eigenvalue weighted by Crippen LogP contribution is -2.36. The minimum atomic E-state index is -0.203. The van der Waals surface area contributed by atoms with Gasteiger partial charge < -0.3 is 14.4 Å². The minimum absolute atomic E-state index is 0.203. The summed E-state index contributed by atoms with van der Waals surface area (Å²) in [5.41, 5.74) is 5.41. The van der Waals surface area contributed by atoms with Crippen LogP contribution in [-0.2, 0) is 4.74 Å². The molecule has 1 fully saturated rings. The first-order valence-electron chi connectivity index (χ1n) is 13.2. The molecule has 4 aromatic rings. The molecular weight excluding hydrogens is 476 g/mol. The van der Waals surface area contributed by atoms with E-state index >= 15 is 0 Å². The summed E-state index contributed by atoms with van der Waals surface area (Å²) in [4.78, 5) is 20.9. The molecule has 0 atom stereocenters. The van der Waals surface area contributed by atoms with E-state index in [4.69, 9.17) is 14.5 Å². The number of aryl methyl sites for hydroxylation is 1. The molecule has 5 rings (SSSR count). The Labute approximate surface area is 223 Å². The van der Waals surface area contributed by atoms with E-state index in [-0.39, 0.29) is 11.5 Å². The maximum absolute atomic E-state index is 13.7. The van der Waals surface area contributed by atoms with Gasteiger partial charge in [-0.15, -0.1) is 0 Å². The zero-order chi connectivity index (χ0) is 26.6. The van der Waals surface area contributed by atoms with E-state index in [1.807, 2.05) is 50.2 Å². The largest absolute Gasteiger partial charge is 0.494 e. The first kappa shape index (κ1) is 25.7. The van der Waals surface area contributed by atoms with E-state index < -0.39 is 0 Å². The summed E-state index contributed by atoms with van der Waals surface area (Å²) in [5.74, 6) is 1.62. The van der Waals surface area contributed by atoms with Gasteiger partial charge in [-0.05, 0) is 72.9 Å². The Morgan fingerprint density at radius 3 is 2.53 bits per heavy atom. The normalized spacial score (nSPS) is 14.1. The van der Waals surface area contributed by atoms with Crippen molar-refractivity contribution in [2.45, 2.75) is 33.6 Å². The summed E-state index contributed by atoms with van der Waals surface area (Å²) >= 11 is 0. The highest BCUT2D eigenvalue weighted by atomic mass is 16.5. The number of anilines is 1. The van der Waals surface area contributed by atoms with Gasteiger partial charge in [-0.1, -0.05) is 38.1 Å². The molecule has 0 unspecified atom stereocenters.